The number of nitrogens with zero attached hydrogens (tertiary/aromatic N) is 3. The molecule has 2 saturated heterocycles. The molecule has 2 aliphatic heterocycles. The Morgan fingerprint density at radius 1 is 0.912 bits per heavy atom. The molecule has 8 heteroatoms. The maximum atomic E-state index is 9.44. The van der Waals surface area contributed by atoms with E-state index in [0.717, 1.165) is 16.0 Å². The van der Waals surface area contributed by atoms with E-state index in [-0.39, 0.29) is 6.10 Å². The van der Waals surface area contributed by atoms with Gasteiger partial charge in [-0.15, -0.1) is 0 Å². The average molecular weight is 476 g/mol. The van der Waals surface area contributed by atoms with Gasteiger partial charge in [-0.2, -0.15) is 0 Å². The van der Waals surface area contributed by atoms with Crippen molar-refractivity contribution in [3.8, 4) is 0 Å². The van der Waals surface area contributed by atoms with Crippen LogP contribution in [0.5, 0.6) is 0 Å². The topological polar surface area (TPSA) is 85.7 Å². The highest BCUT2D eigenvalue weighted by Gasteiger charge is 2.50. The summed E-state index contributed by atoms with van der Waals surface area (Å²) in [5.41, 5.74) is 11.0. The smallest absolute Gasteiger partial charge is 0.184 e. The van der Waals surface area contributed by atoms with Gasteiger partial charge in [0.15, 0.2) is 6.29 Å². The molecule has 0 bridgehead atoms. The largest absolute Gasteiger partial charge is 0.369 e. The molecule has 174 valence electrons. The molecule has 0 amide bonds. The molecule has 2 aliphatic rings. The van der Waals surface area contributed by atoms with Gasteiger partial charge in [0.25, 0.3) is 0 Å². The van der Waals surface area contributed by atoms with Crippen LogP contribution in [-0.2, 0) is 25.6 Å². The molecule has 0 aromatic heterocycles. The Morgan fingerprint density at radius 2 is 1.59 bits per heavy atom. The van der Waals surface area contributed by atoms with Crippen LogP contribution in [0.4, 0.5) is 0 Å². The monoisotopic (exact) mass is 475 g/mol. The Morgan fingerprint density at radius 3 is 2.29 bits per heavy atom. The average Bonchev–Trinajstić information content (AvgIpc) is 2.90. The van der Waals surface area contributed by atoms with Gasteiger partial charge in [-0.1, -0.05) is 95.7 Å². The van der Waals surface area contributed by atoms with Crippen molar-refractivity contribution < 1.29 is 18.9 Å². The van der Waals surface area contributed by atoms with E-state index in [9.17, 15) is 5.53 Å². The summed E-state index contributed by atoms with van der Waals surface area (Å²) in [7, 11) is 0. The zero-order chi connectivity index (χ0) is 23.2. The van der Waals surface area contributed by atoms with Crippen molar-refractivity contribution in [2.45, 2.75) is 47.6 Å². The second-order valence-electron chi connectivity index (χ2n) is 8.11. The fourth-order valence-corrected chi connectivity index (χ4v) is 5.36. The van der Waals surface area contributed by atoms with Gasteiger partial charge >= 0.3 is 0 Å². The maximum Gasteiger partial charge on any atom is 0.184 e. The van der Waals surface area contributed by atoms with Crippen LogP contribution in [0.15, 0.2) is 101 Å². The molecule has 0 aliphatic carbocycles. The molecular formula is C26H25N3O4S. The normalized spacial score (nSPS) is 28.5. The van der Waals surface area contributed by atoms with Crippen molar-refractivity contribution >= 4 is 11.8 Å². The lowest BCUT2D eigenvalue weighted by molar-refractivity contribution is -0.300. The van der Waals surface area contributed by atoms with Crippen LogP contribution in [0.1, 0.15) is 17.4 Å². The van der Waals surface area contributed by atoms with E-state index in [4.69, 9.17) is 18.9 Å². The Hall–Kier alpha value is -2.84. The summed E-state index contributed by atoms with van der Waals surface area (Å²) in [5, 5.41) is 4.16. The predicted molar refractivity (Wildman–Crippen MR) is 129 cm³/mol. The van der Waals surface area contributed by atoms with Crippen molar-refractivity contribution in [1.82, 2.24) is 0 Å². The first kappa shape index (κ1) is 22.9. The van der Waals surface area contributed by atoms with E-state index in [1.165, 1.54) is 0 Å². The number of rotatable bonds is 7. The number of thioether (sulfide) groups is 1. The lowest BCUT2D eigenvalue weighted by Crippen LogP contribution is -2.60. The van der Waals surface area contributed by atoms with Crippen LogP contribution >= 0.6 is 11.8 Å². The fraction of sp³-hybridized carbons (Fsp3) is 0.308. The molecule has 0 N–H and O–H groups in total. The number of azide groups is 1. The summed E-state index contributed by atoms with van der Waals surface area (Å²) in [6, 6.07) is 29.1. The lowest BCUT2D eigenvalue weighted by Gasteiger charge is -2.48. The third kappa shape index (κ3) is 5.28. The summed E-state index contributed by atoms with van der Waals surface area (Å²) in [6.45, 7) is 0.701. The molecule has 3 aromatic rings. The summed E-state index contributed by atoms with van der Waals surface area (Å²) in [6.07, 6.45) is -1.95. The van der Waals surface area contributed by atoms with Crippen LogP contribution in [0, 0.1) is 0 Å². The molecule has 7 nitrogen and oxygen atoms in total. The van der Waals surface area contributed by atoms with E-state index in [1.807, 2.05) is 91.0 Å². The van der Waals surface area contributed by atoms with Gasteiger partial charge in [0.05, 0.1) is 19.3 Å². The minimum atomic E-state index is -0.580. The third-order valence-corrected chi connectivity index (χ3v) is 7.00. The Labute approximate surface area is 202 Å². The number of fused-ring (bicyclic) bond motifs is 1. The van der Waals surface area contributed by atoms with E-state index in [0.29, 0.717) is 13.2 Å². The molecule has 0 radical (unpaired) electrons. The number of ether oxygens (including phenoxy) is 4. The summed E-state index contributed by atoms with van der Waals surface area (Å²) >= 11 is 1.55. The third-order valence-electron chi connectivity index (χ3n) is 5.85. The van der Waals surface area contributed by atoms with Gasteiger partial charge in [0.2, 0.25) is 0 Å². The molecule has 5 rings (SSSR count). The lowest BCUT2D eigenvalue weighted by atomic mass is 9.96. The Balaban J connectivity index is 1.42. The van der Waals surface area contributed by atoms with Gasteiger partial charge < -0.3 is 18.9 Å². The van der Waals surface area contributed by atoms with Crippen LogP contribution in [0.2, 0.25) is 0 Å². The van der Waals surface area contributed by atoms with Crippen molar-refractivity contribution in [1.29, 1.82) is 0 Å². The minimum Gasteiger partial charge on any atom is -0.369 e. The number of hydrogen-bond acceptors (Lipinski definition) is 6. The summed E-state index contributed by atoms with van der Waals surface area (Å²) in [5.74, 6) is 0. The zero-order valence-corrected chi connectivity index (χ0v) is 19.2. The molecule has 3 aromatic carbocycles. The summed E-state index contributed by atoms with van der Waals surface area (Å²) < 4.78 is 25.2. The van der Waals surface area contributed by atoms with Gasteiger partial charge in [-0.25, -0.2) is 0 Å². The molecule has 6 atom stereocenters. The Kier molecular flexibility index (Phi) is 7.46. The van der Waals surface area contributed by atoms with Gasteiger partial charge in [-0.3, -0.25) is 0 Å². The molecule has 0 spiro atoms. The van der Waals surface area contributed by atoms with Crippen molar-refractivity contribution in [3.05, 3.63) is 113 Å². The van der Waals surface area contributed by atoms with E-state index < -0.39 is 30.0 Å². The minimum absolute atomic E-state index is 0.332. The second kappa shape index (κ2) is 11.1. The van der Waals surface area contributed by atoms with E-state index in [1.54, 1.807) is 11.8 Å². The van der Waals surface area contributed by atoms with Crippen LogP contribution in [0.25, 0.3) is 10.4 Å². The van der Waals surface area contributed by atoms with Crippen molar-refractivity contribution in [3.63, 3.8) is 0 Å². The highest BCUT2D eigenvalue weighted by molar-refractivity contribution is 7.99. The number of hydrogen-bond donors (Lipinski definition) is 0. The van der Waals surface area contributed by atoms with Crippen LogP contribution < -0.4 is 0 Å². The highest BCUT2D eigenvalue weighted by Crippen LogP contribution is 2.41. The molecule has 0 unspecified atom stereocenters. The van der Waals surface area contributed by atoms with Gasteiger partial charge in [0.1, 0.15) is 23.7 Å². The number of benzene rings is 3. The van der Waals surface area contributed by atoms with Crippen molar-refractivity contribution in [2.24, 2.45) is 5.11 Å². The van der Waals surface area contributed by atoms with E-state index >= 15 is 0 Å². The molecule has 34 heavy (non-hydrogen) atoms. The van der Waals surface area contributed by atoms with Crippen LogP contribution in [-0.4, -0.2) is 36.4 Å². The Bertz CT molecular complexity index is 1100. The van der Waals surface area contributed by atoms with Crippen molar-refractivity contribution in [2.75, 3.05) is 6.61 Å². The van der Waals surface area contributed by atoms with E-state index in [2.05, 4.69) is 10.0 Å². The summed E-state index contributed by atoms with van der Waals surface area (Å²) in [4.78, 5) is 4.19. The maximum absolute atomic E-state index is 9.44. The second-order valence-corrected chi connectivity index (χ2v) is 9.28. The van der Waals surface area contributed by atoms with Gasteiger partial charge in [0, 0.05) is 15.4 Å². The SMILES string of the molecule is [N-]=[N+]=N[C@@H]1[C@H](OCc2ccccc2)[C@@H](Sc2ccccc2)O[C@@H]2CO[C@@H](c3ccccc3)O[C@@H]12. The molecule has 2 fully saturated rings. The molecular weight excluding hydrogens is 450 g/mol. The highest BCUT2D eigenvalue weighted by atomic mass is 32.2. The molecule has 0 saturated carbocycles. The first-order chi connectivity index (χ1) is 16.8. The van der Waals surface area contributed by atoms with Gasteiger partial charge in [-0.05, 0) is 23.2 Å². The quantitative estimate of drug-likeness (QED) is 0.242. The standard InChI is InChI=1S/C26H25N3O4S/c27-29-28-22-23-21(17-31-25(33-23)19-12-6-2-7-13-19)32-26(34-20-14-8-3-9-15-20)24(22)30-16-18-10-4-1-5-11-18/h1-15,21-26H,16-17H2/t21-,22+,23-,24+,25-,26-/m1/s1. The predicted octanol–water partition coefficient (Wildman–Crippen LogP) is 5.88. The fourth-order valence-electron chi connectivity index (χ4n) is 4.21. The zero-order valence-electron chi connectivity index (χ0n) is 18.4. The molecule has 2 heterocycles. The van der Waals surface area contributed by atoms with Crippen LogP contribution in [0.3, 0.4) is 0 Å². The first-order valence-corrected chi connectivity index (χ1v) is 12.1. The first-order valence-electron chi connectivity index (χ1n) is 11.2.